The van der Waals surface area contributed by atoms with Gasteiger partial charge in [-0.3, -0.25) is 0 Å². The van der Waals surface area contributed by atoms with E-state index in [1.54, 1.807) is 11.3 Å². The molecule has 0 unspecified atom stereocenters. The summed E-state index contributed by atoms with van der Waals surface area (Å²) in [5, 5.41) is 14.6. The summed E-state index contributed by atoms with van der Waals surface area (Å²) in [5.41, 5.74) is 1.21. The first kappa shape index (κ1) is 17.0. The second-order valence-electron chi connectivity index (χ2n) is 6.53. The molecule has 2 N–H and O–H groups in total. The number of likely N-dealkylation sites (tertiary alicyclic amines) is 1. The molecule has 1 aromatic heterocycles. The normalized spacial score (nSPS) is 21.7. The lowest BCUT2D eigenvalue weighted by Crippen LogP contribution is -2.41. The number of amides is 2. The highest BCUT2D eigenvalue weighted by Gasteiger charge is 2.32. The predicted molar refractivity (Wildman–Crippen MR) is 97.1 cm³/mol. The van der Waals surface area contributed by atoms with Crippen LogP contribution in [0.3, 0.4) is 0 Å². The number of thiophene rings is 1. The first-order chi connectivity index (χ1) is 11.7. The molecular formula is C19H24N2O2S. The fraction of sp³-hybridized carbons (Fsp3) is 0.421. The molecule has 5 heteroatoms. The Hall–Kier alpha value is -1.85. The van der Waals surface area contributed by atoms with Gasteiger partial charge in [-0.2, -0.15) is 0 Å². The van der Waals surface area contributed by atoms with Gasteiger partial charge in [0.05, 0.1) is 6.04 Å². The number of nitrogens with one attached hydrogen (secondary N) is 1. The fourth-order valence-corrected chi connectivity index (χ4v) is 4.02. The van der Waals surface area contributed by atoms with Crippen LogP contribution in [0.4, 0.5) is 4.79 Å². The van der Waals surface area contributed by atoms with Crippen LogP contribution in [-0.4, -0.2) is 35.7 Å². The maximum absolute atomic E-state index is 12.7. The van der Waals surface area contributed by atoms with Gasteiger partial charge in [-0.15, -0.1) is 11.3 Å². The molecule has 1 saturated heterocycles. The fourth-order valence-electron chi connectivity index (χ4n) is 3.24. The molecule has 2 heterocycles. The van der Waals surface area contributed by atoms with Gasteiger partial charge in [0.25, 0.3) is 0 Å². The third-order valence-electron chi connectivity index (χ3n) is 4.76. The lowest BCUT2D eigenvalue weighted by atomic mass is 10.00. The Labute approximate surface area is 147 Å². The summed E-state index contributed by atoms with van der Waals surface area (Å²) >= 11 is 1.67. The highest BCUT2D eigenvalue weighted by Crippen LogP contribution is 2.26. The number of hydrogen-bond donors (Lipinski definition) is 2. The van der Waals surface area contributed by atoms with Crippen molar-refractivity contribution < 1.29 is 9.90 Å². The molecule has 4 nitrogen and oxygen atoms in total. The van der Waals surface area contributed by atoms with Crippen LogP contribution in [0.5, 0.6) is 0 Å². The Balaban J connectivity index is 1.69. The van der Waals surface area contributed by atoms with Crippen LogP contribution in [0.2, 0.25) is 0 Å². The van der Waals surface area contributed by atoms with Crippen molar-refractivity contribution >= 4 is 17.4 Å². The summed E-state index contributed by atoms with van der Waals surface area (Å²) in [6, 6.07) is 14.3. The number of urea groups is 1. The molecule has 24 heavy (non-hydrogen) atoms. The third-order valence-corrected chi connectivity index (χ3v) is 5.74. The Morgan fingerprint density at radius 2 is 2.08 bits per heavy atom. The largest absolute Gasteiger partial charge is 0.396 e. The molecule has 0 spiro atoms. The summed E-state index contributed by atoms with van der Waals surface area (Å²) in [6.07, 6.45) is 0.778. The van der Waals surface area contributed by atoms with Gasteiger partial charge < -0.3 is 15.3 Å². The molecule has 1 aliphatic rings. The Morgan fingerprint density at radius 3 is 2.71 bits per heavy atom. The first-order valence-corrected chi connectivity index (χ1v) is 9.29. The SMILES string of the molecule is C[C@@H]1CN(C(=O)N[C@H](Cc2ccccc2)c2cccs2)C[C@H]1CO. The van der Waals surface area contributed by atoms with Gasteiger partial charge in [0, 0.05) is 30.5 Å². The number of carbonyl (C=O) groups is 1. The monoisotopic (exact) mass is 344 g/mol. The highest BCUT2D eigenvalue weighted by molar-refractivity contribution is 7.10. The van der Waals surface area contributed by atoms with Crippen molar-refractivity contribution in [3.05, 3.63) is 58.3 Å². The van der Waals surface area contributed by atoms with Gasteiger partial charge in [-0.05, 0) is 29.3 Å². The van der Waals surface area contributed by atoms with E-state index in [0.29, 0.717) is 19.0 Å². The van der Waals surface area contributed by atoms with E-state index < -0.39 is 0 Å². The molecule has 3 rings (SSSR count). The second-order valence-corrected chi connectivity index (χ2v) is 7.51. The predicted octanol–water partition coefficient (Wildman–Crippen LogP) is 3.30. The number of aliphatic hydroxyl groups excluding tert-OH is 1. The first-order valence-electron chi connectivity index (χ1n) is 8.41. The Bertz CT molecular complexity index is 645. The quantitative estimate of drug-likeness (QED) is 0.874. The van der Waals surface area contributed by atoms with Crippen LogP contribution in [0, 0.1) is 11.8 Å². The molecule has 0 saturated carbocycles. The zero-order chi connectivity index (χ0) is 16.9. The van der Waals surface area contributed by atoms with Crippen molar-refractivity contribution in [2.75, 3.05) is 19.7 Å². The van der Waals surface area contributed by atoms with Gasteiger partial charge in [-0.25, -0.2) is 4.79 Å². The van der Waals surface area contributed by atoms with Crippen LogP contribution < -0.4 is 5.32 Å². The van der Waals surface area contributed by atoms with E-state index >= 15 is 0 Å². The summed E-state index contributed by atoms with van der Waals surface area (Å²) in [6.45, 7) is 3.57. The van der Waals surface area contributed by atoms with Gasteiger partial charge in [-0.1, -0.05) is 43.3 Å². The molecular weight excluding hydrogens is 320 g/mol. The van der Waals surface area contributed by atoms with E-state index in [9.17, 15) is 9.90 Å². The lowest BCUT2D eigenvalue weighted by molar-refractivity contribution is 0.193. The van der Waals surface area contributed by atoms with Crippen molar-refractivity contribution in [3.8, 4) is 0 Å². The van der Waals surface area contributed by atoms with Gasteiger partial charge in [0.15, 0.2) is 0 Å². The minimum Gasteiger partial charge on any atom is -0.396 e. The van der Waals surface area contributed by atoms with Crippen LogP contribution in [-0.2, 0) is 6.42 Å². The molecule has 2 amide bonds. The van der Waals surface area contributed by atoms with E-state index in [1.165, 1.54) is 5.56 Å². The number of hydrogen-bond acceptors (Lipinski definition) is 3. The molecule has 128 valence electrons. The van der Waals surface area contributed by atoms with E-state index in [0.717, 1.165) is 11.3 Å². The molecule has 3 atom stereocenters. The molecule has 0 aliphatic carbocycles. The van der Waals surface area contributed by atoms with Crippen molar-refractivity contribution in [2.45, 2.75) is 19.4 Å². The number of carbonyl (C=O) groups excluding carboxylic acids is 1. The summed E-state index contributed by atoms with van der Waals surface area (Å²) in [4.78, 5) is 15.7. The number of benzene rings is 1. The van der Waals surface area contributed by atoms with E-state index in [2.05, 4.69) is 30.4 Å². The number of rotatable bonds is 5. The molecule has 1 aliphatic heterocycles. The zero-order valence-electron chi connectivity index (χ0n) is 13.9. The minimum absolute atomic E-state index is 0.0246. The summed E-state index contributed by atoms with van der Waals surface area (Å²) < 4.78 is 0. The molecule has 1 aromatic carbocycles. The third kappa shape index (κ3) is 3.97. The molecule has 2 aromatic rings. The van der Waals surface area contributed by atoms with E-state index in [-0.39, 0.29) is 24.6 Å². The Kier molecular flexibility index (Phi) is 5.53. The van der Waals surface area contributed by atoms with E-state index in [4.69, 9.17) is 0 Å². The number of nitrogens with zero attached hydrogens (tertiary/aromatic N) is 1. The maximum atomic E-state index is 12.7. The van der Waals surface area contributed by atoms with Crippen LogP contribution >= 0.6 is 11.3 Å². The Morgan fingerprint density at radius 1 is 1.29 bits per heavy atom. The standard InChI is InChI=1S/C19H24N2O2S/c1-14-11-21(12-16(14)13-22)19(23)20-17(18-8-5-9-24-18)10-15-6-3-2-4-7-15/h2-9,14,16-17,22H,10-13H2,1H3,(H,20,23)/t14-,16+,17-/m1/s1. The lowest BCUT2D eigenvalue weighted by Gasteiger charge is -2.23. The number of aliphatic hydroxyl groups is 1. The van der Waals surface area contributed by atoms with Gasteiger partial charge in [0.2, 0.25) is 0 Å². The summed E-state index contributed by atoms with van der Waals surface area (Å²) in [5.74, 6) is 0.528. The topological polar surface area (TPSA) is 52.6 Å². The summed E-state index contributed by atoms with van der Waals surface area (Å²) in [7, 11) is 0. The van der Waals surface area contributed by atoms with Gasteiger partial charge >= 0.3 is 6.03 Å². The smallest absolute Gasteiger partial charge is 0.317 e. The zero-order valence-corrected chi connectivity index (χ0v) is 14.7. The van der Waals surface area contributed by atoms with Crippen LogP contribution in [0.15, 0.2) is 47.8 Å². The van der Waals surface area contributed by atoms with Gasteiger partial charge in [0.1, 0.15) is 0 Å². The van der Waals surface area contributed by atoms with Crippen molar-refractivity contribution in [1.29, 1.82) is 0 Å². The maximum Gasteiger partial charge on any atom is 0.317 e. The van der Waals surface area contributed by atoms with E-state index in [1.807, 2.05) is 34.5 Å². The average Bonchev–Trinajstić information content (AvgIpc) is 3.24. The van der Waals surface area contributed by atoms with Crippen LogP contribution in [0.25, 0.3) is 0 Å². The molecule has 0 radical (unpaired) electrons. The highest BCUT2D eigenvalue weighted by atomic mass is 32.1. The van der Waals surface area contributed by atoms with Crippen molar-refractivity contribution in [1.82, 2.24) is 10.2 Å². The van der Waals surface area contributed by atoms with Crippen molar-refractivity contribution in [2.24, 2.45) is 11.8 Å². The average molecular weight is 344 g/mol. The van der Waals surface area contributed by atoms with Crippen LogP contribution in [0.1, 0.15) is 23.4 Å². The minimum atomic E-state index is -0.0351. The molecule has 0 bridgehead atoms. The second kappa shape index (κ2) is 7.81. The van der Waals surface area contributed by atoms with Crippen molar-refractivity contribution in [3.63, 3.8) is 0 Å². The molecule has 1 fully saturated rings.